The van der Waals surface area contributed by atoms with Crippen molar-refractivity contribution in [3.63, 3.8) is 0 Å². The largest absolute Gasteiger partial charge is 0.467 e. The van der Waals surface area contributed by atoms with Gasteiger partial charge in [0.25, 0.3) is 0 Å². The van der Waals surface area contributed by atoms with E-state index in [2.05, 4.69) is 45.5 Å². The van der Waals surface area contributed by atoms with Crippen molar-refractivity contribution in [1.82, 2.24) is 29.7 Å². The van der Waals surface area contributed by atoms with Gasteiger partial charge in [-0.1, -0.05) is 50.6 Å². The number of pyridine rings is 1. The number of carbonyl (C=O) groups excluding carboxylic acids is 1. The molecule has 3 atom stereocenters. The number of nitriles is 1. The molecule has 1 aliphatic carbocycles. The van der Waals surface area contributed by atoms with Crippen LogP contribution in [-0.2, 0) is 4.79 Å². The number of fused-ring (bicyclic) bond motifs is 1. The van der Waals surface area contributed by atoms with Gasteiger partial charge in [0, 0.05) is 81.1 Å². The highest BCUT2D eigenvalue weighted by Gasteiger charge is 2.32. The molecular formula is C39H51ClF2N8O2. The number of benzene rings is 1. The van der Waals surface area contributed by atoms with Gasteiger partial charge in [0.1, 0.15) is 23.2 Å². The second-order valence-electron chi connectivity index (χ2n) is 13.6. The predicted molar refractivity (Wildman–Crippen MR) is 202 cm³/mol. The van der Waals surface area contributed by atoms with E-state index in [-0.39, 0.29) is 23.1 Å². The average Bonchev–Trinajstić information content (AvgIpc) is 3.91. The van der Waals surface area contributed by atoms with Crippen LogP contribution in [0.15, 0.2) is 36.5 Å². The molecule has 3 unspecified atom stereocenters. The summed E-state index contributed by atoms with van der Waals surface area (Å²) in [4.78, 5) is 34.7. The highest BCUT2D eigenvalue weighted by molar-refractivity contribution is 6.32. The van der Waals surface area contributed by atoms with Gasteiger partial charge in [-0.15, -0.1) is 0 Å². The Morgan fingerprint density at radius 1 is 1.08 bits per heavy atom. The normalized spacial score (nSPS) is 21.9. The van der Waals surface area contributed by atoms with Crippen LogP contribution in [0.2, 0.25) is 5.02 Å². The summed E-state index contributed by atoms with van der Waals surface area (Å²) in [6.45, 7) is 13.7. The lowest BCUT2D eigenvalue weighted by Crippen LogP contribution is -2.49. The molecule has 13 heteroatoms. The van der Waals surface area contributed by atoms with Crippen molar-refractivity contribution < 1.29 is 18.3 Å². The summed E-state index contributed by atoms with van der Waals surface area (Å²) < 4.78 is 34.2. The van der Waals surface area contributed by atoms with Crippen LogP contribution in [-0.4, -0.2) is 113 Å². The summed E-state index contributed by atoms with van der Waals surface area (Å²) in [7, 11) is 1.47. The molecule has 4 aliphatic rings. The summed E-state index contributed by atoms with van der Waals surface area (Å²) in [5.74, 6) is 0.385. The number of aromatic nitrogens is 3. The summed E-state index contributed by atoms with van der Waals surface area (Å²) >= 11 is 6.52. The van der Waals surface area contributed by atoms with Crippen molar-refractivity contribution in [2.45, 2.75) is 84.0 Å². The van der Waals surface area contributed by atoms with Gasteiger partial charge in [-0.05, 0) is 62.7 Å². The summed E-state index contributed by atoms with van der Waals surface area (Å²) in [6, 6.07) is 8.24. The molecule has 52 heavy (non-hydrogen) atoms. The number of methoxy groups -OCH3 is 1. The number of likely N-dealkylation sites (tertiary alicyclic amines) is 2. The SMILES string of the molecule is CC#N.CCC1CC(F)CN1CC.CCN1CCC1/C=C/C(=O)N1CCN(c2nc(OC)nc3c(F)c(-c4cccc(Cl)c4C4CC4)ncc23)CC1. The number of likely N-dealkylation sites (N-methyl/N-ethyl adjacent to an activating group) is 1. The summed E-state index contributed by atoms with van der Waals surface area (Å²) in [5, 5.41) is 8.46. The van der Waals surface area contributed by atoms with E-state index in [1.54, 1.807) is 18.3 Å². The van der Waals surface area contributed by atoms with Crippen molar-refractivity contribution >= 4 is 34.2 Å². The second-order valence-corrected chi connectivity index (χ2v) is 14.0. The fourth-order valence-corrected chi connectivity index (χ4v) is 7.64. The van der Waals surface area contributed by atoms with Crippen molar-refractivity contribution in [2.75, 3.05) is 64.4 Å². The minimum Gasteiger partial charge on any atom is -0.467 e. The van der Waals surface area contributed by atoms with Gasteiger partial charge in [0.15, 0.2) is 5.82 Å². The van der Waals surface area contributed by atoms with E-state index >= 15 is 4.39 Å². The van der Waals surface area contributed by atoms with E-state index in [9.17, 15) is 9.18 Å². The summed E-state index contributed by atoms with van der Waals surface area (Å²) in [6.07, 6.45) is 9.81. The number of carbonyl (C=O) groups is 1. The fourth-order valence-electron chi connectivity index (χ4n) is 7.32. The fraction of sp³-hybridized carbons (Fsp3) is 0.564. The monoisotopic (exact) mass is 736 g/mol. The minimum atomic E-state index is -0.565. The van der Waals surface area contributed by atoms with Crippen molar-refractivity contribution in [2.24, 2.45) is 0 Å². The van der Waals surface area contributed by atoms with E-state index in [4.69, 9.17) is 21.6 Å². The van der Waals surface area contributed by atoms with E-state index < -0.39 is 12.0 Å². The molecule has 1 aromatic carbocycles. The number of hydrogen-bond donors (Lipinski definition) is 0. The first-order valence-corrected chi connectivity index (χ1v) is 18.9. The van der Waals surface area contributed by atoms with Gasteiger partial charge in [-0.2, -0.15) is 15.2 Å². The Balaban J connectivity index is 0.000000342. The lowest BCUT2D eigenvalue weighted by molar-refractivity contribution is -0.126. The topological polar surface area (TPSA) is 102 Å². The van der Waals surface area contributed by atoms with Crippen LogP contribution in [0.5, 0.6) is 6.01 Å². The zero-order valence-corrected chi connectivity index (χ0v) is 31.7. The van der Waals surface area contributed by atoms with Crippen molar-refractivity contribution in [1.29, 1.82) is 5.26 Å². The molecule has 10 nitrogen and oxygen atoms in total. The molecule has 3 aromatic rings. The molecule has 0 radical (unpaired) electrons. The number of anilines is 1. The van der Waals surface area contributed by atoms with Crippen LogP contribution >= 0.6 is 11.6 Å². The van der Waals surface area contributed by atoms with Crippen LogP contribution in [0.1, 0.15) is 71.3 Å². The molecule has 5 heterocycles. The summed E-state index contributed by atoms with van der Waals surface area (Å²) in [5.41, 5.74) is 2.04. The third-order valence-electron chi connectivity index (χ3n) is 10.4. The number of nitrogens with zero attached hydrogens (tertiary/aromatic N) is 8. The van der Waals surface area contributed by atoms with Gasteiger partial charge < -0.3 is 14.5 Å². The molecule has 3 aliphatic heterocycles. The van der Waals surface area contributed by atoms with Crippen molar-refractivity contribution in [3.05, 3.63) is 53.0 Å². The number of halogens is 3. The molecule has 280 valence electrons. The number of rotatable bonds is 9. The van der Waals surface area contributed by atoms with Crippen molar-refractivity contribution in [3.8, 4) is 23.3 Å². The maximum absolute atomic E-state index is 16.1. The number of ether oxygens (including phenoxy) is 1. The Morgan fingerprint density at radius 2 is 1.79 bits per heavy atom. The predicted octanol–water partition coefficient (Wildman–Crippen LogP) is 7.03. The Morgan fingerprint density at radius 3 is 2.37 bits per heavy atom. The van der Waals surface area contributed by atoms with Crippen LogP contribution in [0, 0.1) is 17.1 Å². The van der Waals surface area contributed by atoms with Gasteiger partial charge in [-0.25, -0.2) is 8.78 Å². The minimum absolute atomic E-state index is 0.0214. The van der Waals surface area contributed by atoms with E-state index in [1.165, 1.54) is 14.0 Å². The third-order valence-corrected chi connectivity index (χ3v) is 10.7. The van der Waals surface area contributed by atoms with Gasteiger partial charge in [0.05, 0.1) is 18.6 Å². The van der Waals surface area contributed by atoms with E-state index in [1.807, 2.05) is 34.1 Å². The quantitative estimate of drug-likeness (QED) is 0.215. The Kier molecular flexibility index (Phi) is 13.8. The average molecular weight is 737 g/mol. The Hall–Kier alpha value is -3.92. The van der Waals surface area contributed by atoms with E-state index in [0.717, 1.165) is 57.3 Å². The maximum Gasteiger partial charge on any atom is 0.318 e. The Labute approximate surface area is 311 Å². The molecule has 7 rings (SSSR count). The molecule has 1 amide bonds. The van der Waals surface area contributed by atoms with Crippen LogP contribution in [0.3, 0.4) is 0 Å². The zero-order chi connectivity index (χ0) is 37.4. The number of piperazine rings is 1. The highest BCUT2D eigenvalue weighted by Crippen LogP contribution is 2.48. The molecule has 2 aromatic heterocycles. The maximum atomic E-state index is 16.1. The first kappa shape index (κ1) is 39.3. The molecule has 0 N–H and O–H groups in total. The lowest BCUT2D eigenvalue weighted by Gasteiger charge is -2.38. The molecular weight excluding hydrogens is 686 g/mol. The van der Waals surface area contributed by atoms with Crippen LogP contribution in [0.4, 0.5) is 14.6 Å². The van der Waals surface area contributed by atoms with Gasteiger partial charge in [0.2, 0.25) is 5.91 Å². The van der Waals surface area contributed by atoms with Gasteiger partial charge in [-0.3, -0.25) is 19.6 Å². The molecule has 0 spiro atoms. The third kappa shape index (κ3) is 8.99. The van der Waals surface area contributed by atoms with Gasteiger partial charge >= 0.3 is 6.01 Å². The van der Waals surface area contributed by atoms with Crippen LogP contribution < -0.4 is 9.64 Å². The standard InChI is InChI=1S/C29H32ClFN6O2.C8H16FN.C2H3N/c1-3-35-12-11-19(35)9-10-23(38)36-13-15-37(16-14-36)28-21-17-32-26(25(31)27(21)33-29(34-28)39-2)20-5-4-6-22(30)24(20)18-7-8-18;1-3-8-5-7(9)6-10(8)4-2;1-2-3/h4-6,9-10,17-19H,3,7-8,11-16H2,1-2H3;7-8H,3-6H2,1-2H3;1H3/b10-9+;;. The second kappa shape index (κ2) is 18.2. The smallest absolute Gasteiger partial charge is 0.318 e. The first-order chi connectivity index (χ1) is 25.2. The van der Waals surface area contributed by atoms with Crippen LogP contribution in [0.25, 0.3) is 22.2 Å². The number of amides is 1. The molecule has 4 fully saturated rings. The first-order valence-electron chi connectivity index (χ1n) is 18.5. The lowest BCUT2D eigenvalue weighted by atomic mass is 9.99. The molecule has 1 saturated carbocycles. The van der Waals surface area contributed by atoms with E-state index in [0.29, 0.717) is 72.5 Å². The number of hydrogen-bond acceptors (Lipinski definition) is 9. The zero-order valence-electron chi connectivity index (χ0n) is 31.0. The molecule has 0 bridgehead atoms. The number of alkyl halides is 1. The highest BCUT2D eigenvalue weighted by atomic mass is 35.5. The Bertz CT molecular complexity index is 1740. The molecule has 3 saturated heterocycles.